The van der Waals surface area contributed by atoms with Gasteiger partial charge in [0.15, 0.2) is 0 Å². The fourth-order valence-corrected chi connectivity index (χ4v) is 1.70. The molecule has 2 rings (SSSR count). The van der Waals surface area contributed by atoms with Crippen molar-refractivity contribution in [1.82, 2.24) is 4.98 Å². The first-order chi connectivity index (χ1) is 6.72. The van der Waals surface area contributed by atoms with Gasteiger partial charge in [-0.3, -0.25) is 0 Å². The summed E-state index contributed by atoms with van der Waals surface area (Å²) in [6.45, 7) is -0.0599. The van der Waals surface area contributed by atoms with Crippen LogP contribution in [0.25, 0.3) is 10.9 Å². The minimum Gasteiger partial charge on any atom is -0.394 e. The Balaban J connectivity index is 2.58. The second-order valence-electron chi connectivity index (χ2n) is 3.22. The molecule has 1 aromatic carbocycles. The summed E-state index contributed by atoms with van der Waals surface area (Å²) in [4.78, 5) is 3.07. The number of hydrogen-bond acceptors (Lipinski definition) is 2. The molecule has 0 fully saturated rings. The van der Waals surface area contributed by atoms with Gasteiger partial charge >= 0.3 is 0 Å². The number of aromatic amines is 1. The number of nitrogens with two attached hydrogens (primary N) is 1. The smallest absolute Gasteiger partial charge is 0.0625 e. The van der Waals surface area contributed by atoms with Gasteiger partial charge in [-0.2, -0.15) is 0 Å². The van der Waals surface area contributed by atoms with Gasteiger partial charge in [0, 0.05) is 22.1 Å². The molecule has 14 heavy (non-hydrogen) atoms. The van der Waals surface area contributed by atoms with Gasteiger partial charge in [-0.1, -0.05) is 17.7 Å². The highest BCUT2D eigenvalue weighted by Gasteiger charge is 2.10. The molecule has 4 N–H and O–H groups in total. The van der Waals surface area contributed by atoms with Gasteiger partial charge in [-0.15, -0.1) is 0 Å². The zero-order chi connectivity index (χ0) is 10.1. The van der Waals surface area contributed by atoms with Gasteiger partial charge in [0.25, 0.3) is 0 Å². The summed E-state index contributed by atoms with van der Waals surface area (Å²) in [5, 5.41) is 10.6. The van der Waals surface area contributed by atoms with Crippen LogP contribution in [0.2, 0.25) is 5.02 Å². The van der Waals surface area contributed by atoms with Crippen molar-refractivity contribution in [2.75, 3.05) is 6.61 Å². The van der Waals surface area contributed by atoms with Crippen LogP contribution in [0, 0.1) is 0 Å². The topological polar surface area (TPSA) is 62.0 Å². The molecule has 1 aromatic heterocycles. The van der Waals surface area contributed by atoms with Crippen LogP contribution in [0.4, 0.5) is 0 Å². The second kappa shape index (κ2) is 3.61. The molecule has 0 aliphatic carbocycles. The van der Waals surface area contributed by atoms with Crippen LogP contribution in [-0.4, -0.2) is 16.7 Å². The first kappa shape index (κ1) is 9.52. The van der Waals surface area contributed by atoms with Crippen LogP contribution in [0.5, 0.6) is 0 Å². The number of nitrogens with one attached hydrogen (secondary N) is 1. The predicted molar refractivity (Wildman–Crippen MR) is 57.3 cm³/mol. The minimum absolute atomic E-state index is 0.0599. The summed E-state index contributed by atoms with van der Waals surface area (Å²) in [5.41, 5.74) is 7.60. The van der Waals surface area contributed by atoms with Gasteiger partial charge in [0.05, 0.1) is 12.6 Å². The van der Waals surface area contributed by atoms with Crippen molar-refractivity contribution in [1.29, 1.82) is 0 Å². The largest absolute Gasteiger partial charge is 0.394 e. The highest BCUT2D eigenvalue weighted by atomic mass is 35.5. The van der Waals surface area contributed by atoms with E-state index in [0.717, 1.165) is 16.5 Å². The van der Waals surface area contributed by atoms with Gasteiger partial charge < -0.3 is 15.8 Å². The Morgan fingerprint density at radius 3 is 3.00 bits per heavy atom. The van der Waals surface area contributed by atoms with Crippen molar-refractivity contribution in [2.45, 2.75) is 6.04 Å². The lowest BCUT2D eigenvalue weighted by atomic mass is 10.1. The van der Waals surface area contributed by atoms with Crippen LogP contribution < -0.4 is 5.73 Å². The molecule has 0 radical (unpaired) electrons. The summed E-state index contributed by atoms with van der Waals surface area (Å²) < 4.78 is 0. The Morgan fingerprint density at radius 1 is 1.50 bits per heavy atom. The lowest BCUT2D eigenvalue weighted by Gasteiger charge is -2.05. The summed E-state index contributed by atoms with van der Waals surface area (Å²) in [7, 11) is 0. The first-order valence-electron chi connectivity index (χ1n) is 4.35. The van der Waals surface area contributed by atoms with Crippen molar-refractivity contribution in [3.63, 3.8) is 0 Å². The van der Waals surface area contributed by atoms with Crippen molar-refractivity contribution in [3.8, 4) is 0 Å². The molecule has 0 spiro atoms. The van der Waals surface area contributed by atoms with Crippen LogP contribution in [0.3, 0.4) is 0 Å². The minimum atomic E-state index is -0.343. The molecular weight excluding hydrogens is 200 g/mol. The van der Waals surface area contributed by atoms with E-state index in [1.165, 1.54) is 0 Å². The lowest BCUT2D eigenvalue weighted by Crippen LogP contribution is -2.13. The molecule has 74 valence electrons. The molecule has 1 atom stereocenters. The molecule has 0 amide bonds. The van der Waals surface area contributed by atoms with Crippen LogP contribution in [0.1, 0.15) is 11.6 Å². The Labute approximate surface area is 86.5 Å². The van der Waals surface area contributed by atoms with Crippen LogP contribution in [0.15, 0.2) is 24.4 Å². The zero-order valence-electron chi connectivity index (χ0n) is 7.50. The summed E-state index contributed by atoms with van der Waals surface area (Å²) in [5.74, 6) is 0. The van der Waals surface area contributed by atoms with Crippen molar-refractivity contribution in [3.05, 3.63) is 35.0 Å². The molecule has 1 unspecified atom stereocenters. The molecule has 0 bridgehead atoms. The number of fused-ring (bicyclic) bond motifs is 1. The SMILES string of the molecule is NC(CO)c1c[nH]c2cc(Cl)ccc12. The van der Waals surface area contributed by atoms with E-state index < -0.39 is 0 Å². The Bertz CT molecular complexity index is 452. The van der Waals surface area contributed by atoms with E-state index in [2.05, 4.69) is 4.98 Å². The van der Waals surface area contributed by atoms with Crippen molar-refractivity contribution < 1.29 is 5.11 Å². The fourth-order valence-electron chi connectivity index (χ4n) is 1.53. The molecule has 2 aromatic rings. The standard InChI is InChI=1S/C10H11ClN2O/c11-6-1-2-7-8(9(12)5-14)4-13-10(7)3-6/h1-4,9,13-14H,5,12H2. The number of halogens is 1. The molecule has 0 aliphatic rings. The molecule has 3 nitrogen and oxygen atoms in total. The zero-order valence-corrected chi connectivity index (χ0v) is 8.25. The third kappa shape index (κ3) is 1.50. The number of aromatic nitrogens is 1. The number of rotatable bonds is 2. The van der Waals surface area contributed by atoms with E-state index in [1.54, 1.807) is 0 Å². The average Bonchev–Trinajstić information content (AvgIpc) is 2.59. The molecule has 4 heteroatoms. The first-order valence-corrected chi connectivity index (χ1v) is 4.73. The second-order valence-corrected chi connectivity index (χ2v) is 3.66. The van der Waals surface area contributed by atoms with Gasteiger partial charge in [-0.05, 0) is 17.7 Å². The van der Waals surface area contributed by atoms with E-state index in [4.69, 9.17) is 22.4 Å². The van der Waals surface area contributed by atoms with E-state index in [0.29, 0.717) is 5.02 Å². The number of H-pyrrole nitrogens is 1. The van der Waals surface area contributed by atoms with E-state index in [9.17, 15) is 0 Å². The summed E-state index contributed by atoms with van der Waals surface area (Å²) in [6, 6.07) is 5.21. The third-order valence-corrected chi connectivity index (χ3v) is 2.51. The normalized spacial score (nSPS) is 13.4. The quantitative estimate of drug-likeness (QED) is 0.708. The maximum absolute atomic E-state index is 8.96. The van der Waals surface area contributed by atoms with Crippen molar-refractivity contribution in [2.24, 2.45) is 5.73 Å². The van der Waals surface area contributed by atoms with Gasteiger partial charge in [-0.25, -0.2) is 0 Å². The highest BCUT2D eigenvalue weighted by molar-refractivity contribution is 6.31. The number of aliphatic hydroxyl groups excluding tert-OH is 1. The highest BCUT2D eigenvalue weighted by Crippen LogP contribution is 2.25. The van der Waals surface area contributed by atoms with E-state index in [1.807, 2.05) is 24.4 Å². The fraction of sp³-hybridized carbons (Fsp3) is 0.200. The molecule has 0 saturated heterocycles. The maximum Gasteiger partial charge on any atom is 0.0625 e. The number of hydrogen-bond donors (Lipinski definition) is 3. The molecule has 0 saturated carbocycles. The van der Waals surface area contributed by atoms with Crippen LogP contribution in [-0.2, 0) is 0 Å². The lowest BCUT2D eigenvalue weighted by molar-refractivity contribution is 0.268. The Morgan fingerprint density at radius 2 is 2.29 bits per heavy atom. The van der Waals surface area contributed by atoms with Gasteiger partial charge in [0.1, 0.15) is 0 Å². The van der Waals surface area contributed by atoms with E-state index in [-0.39, 0.29) is 12.6 Å². The molecule has 1 heterocycles. The Hall–Kier alpha value is -1.03. The summed E-state index contributed by atoms with van der Waals surface area (Å²) in [6.07, 6.45) is 1.81. The number of aliphatic hydroxyl groups is 1. The predicted octanol–water partition coefficient (Wildman–Crippen LogP) is 1.81. The van der Waals surface area contributed by atoms with Crippen molar-refractivity contribution >= 4 is 22.5 Å². The number of benzene rings is 1. The molecular formula is C10H11ClN2O. The average molecular weight is 211 g/mol. The van der Waals surface area contributed by atoms with Gasteiger partial charge in [0.2, 0.25) is 0 Å². The van der Waals surface area contributed by atoms with Crippen LogP contribution >= 0.6 is 11.6 Å². The molecule has 0 aliphatic heterocycles. The summed E-state index contributed by atoms with van der Waals surface area (Å²) >= 11 is 5.84. The maximum atomic E-state index is 8.96. The Kier molecular flexibility index (Phi) is 2.46. The van der Waals surface area contributed by atoms with E-state index >= 15 is 0 Å². The monoisotopic (exact) mass is 210 g/mol. The third-order valence-electron chi connectivity index (χ3n) is 2.27.